The number of hydrogen-bond acceptors (Lipinski definition) is 9. The lowest BCUT2D eigenvalue weighted by atomic mass is 10.0. The van der Waals surface area contributed by atoms with Gasteiger partial charge in [0.05, 0.1) is 12.0 Å². The Balaban J connectivity index is 0.00000190. The maximum Gasteiger partial charge on any atom is 0.335 e. The van der Waals surface area contributed by atoms with Crippen molar-refractivity contribution in [1.82, 2.24) is 0 Å². The zero-order valence-corrected chi connectivity index (χ0v) is 16.1. The summed E-state index contributed by atoms with van der Waals surface area (Å²) in [6.07, 6.45) is -2.19. The lowest BCUT2D eigenvalue weighted by Crippen LogP contribution is -2.44. The van der Waals surface area contributed by atoms with E-state index < -0.39 is 41.0 Å². The Bertz CT molecular complexity index is 719. The van der Waals surface area contributed by atoms with E-state index in [0.29, 0.717) is 6.29 Å². The third-order valence-electron chi connectivity index (χ3n) is 3.62. The van der Waals surface area contributed by atoms with Crippen LogP contribution in [0.5, 0.6) is 5.75 Å². The van der Waals surface area contributed by atoms with Gasteiger partial charge in [-0.15, -0.1) is 0 Å². The first-order valence-corrected chi connectivity index (χ1v) is 8.64. The minimum atomic E-state index is -1.09. The van der Waals surface area contributed by atoms with Crippen LogP contribution in [0.25, 0.3) is 0 Å². The van der Waals surface area contributed by atoms with E-state index in [-0.39, 0.29) is 24.2 Å². The zero-order valence-electron chi connectivity index (χ0n) is 16.1. The van der Waals surface area contributed by atoms with Crippen molar-refractivity contribution in [2.45, 2.75) is 52.1 Å². The summed E-state index contributed by atoms with van der Waals surface area (Å²) in [6, 6.07) is 3.67. The highest BCUT2D eigenvalue weighted by Crippen LogP contribution is 2.32. The Hall–Kier alpha value is -3.01. The summed E-state index contributed by atoms with van der Waals surface area (Å²) in [5, 5.41) is 11.2. The molecule has 0 saturated carbocycles. The van der Waals surface area contributed by atoms with Gasteiger partial charge in [0, 0.05) is 31.4 Å². The van der Waals surface area contributed by atoms with Gasteiger partial charge in [0.15, 0.2) is 11.9 Å². The van der Waals surface area contributed by atoms with E-state index in [2.05, 4.69) is 4.74 Å². The molecule has 1 aliphatic rings. The topological polar surface area (TPSA) is 131 Å². The fourth-order valence-corrected chi connectivity index (χ4v) is 2.53. The second-order valence-electron chi connectivity index (χ2n) is 5.50. The number of carbonyl (C=O) groups excluding carboxylic acids is 3. The van der Waals surface area contributed by atoms with Crippen LogP contribution < -0.4 is 4.74 Å². The van der Waals surface area contributed by atoms with E-state index in [1.165, 1.54) is 26.2 Å². The van der Waals surface area contributed by atoms with Crippen molar-refractivity contribution in [2.75, 3.05) is 7.11 Å². The Morgan fingerprint density at radius 1 is 1.29 bits per heavy atom. The Labute approximate surface area is 161 Å². The van der Waals surface area contributed by atoms with Crippen molar-refractivity contribution < 1.29 is 38.3 Å². The van der Waals surface area contributed by atoms with E-state index in [0.717, 1.165) is 6.07 Å². The first-order valence-electron chi connectivity index (χ1n) is 8.64. The van der Waals surface area contributed by atoms with Crippen LogP contribution in [0.15, 0.2) is 18.2 Å². The van der Waals surface area contributed by atoms with Gasteiger partial charge in [0.1, 0.15) is 12.4 Å². The fraction of sp³-hybridized carbons (Fsp3) is 0.500. The smallest absolute Gasteiger partial charge is 0.335 e. The average molecular weight is 397 g/mol. The van der Waals surface area contributed by atoms with Gasteiger partial charge in [-0.2, -0.15) is 0 Å². The van der Waals surface area contributed by atoms with Crippen LogP contribution in [-0.2, 0) is 23.8 Å². The van der Waals surface area contributed by atoms with Gasteiger partial charge in [-0.3, -0.25) is 19.7 Å². The van der Waals surface area contributed by atoms with Gasteiger partial charge in [0.25, 0.3) is 0 Å². The van der Waals surface area contributed by atoms with E-state index in [1.807, 2.05) is 13.8 Å². The molecular formula is C18H23NO9. The zero-order chi connectivity index (χ0) is 21.3. The summed E-state index contributed by atoms with van der Waals surface area (Å²) in [4.78, 5) is 44.2. The largest absolute Gasteiger partial charge is 0.467 e. The summed E-state index contributed by atoms with van der Waals surface area (Å²) in [5.74, 6) is -1.36. The predicted molar refractivity (Wildman–Crippen MR) is 95.9 cm³/mol. The summed E-state index contributed by atoms with van der Waals surface area (Å²) in [6.45, 7) is 5.22. The van der Waals surface area contributed by atoms with Crippen molar-refractivity contribution in [3.05, 3.63) is 33.9 Å². The number of nitro groups is 1. The van der Waals surface area contributed by atoms with Gasteiger partial charge >= 0.3 is 17.6 Å². The molecule has 28 heavy (non-hydrogen) atoms. The minimum absolute atomic E-state index is 0.0691. The minimum Gasteiger partial charge on any atom is -0.467 e. The van der Waals surface area contributed by atoms with E-state index in [9.17, 15) is 24.5 Å². The van der Waals surface area contributed by atoms with Crippen LogP contribution in [0.4, 0.5) is 5.69 Å². The Morgan fingerprint density at radius 3 is 2.50 bits per heavy atom. The van der Waals surface area contributed by atoms with Gasteiger partial charge in [-0.1, -0.05) is 13.8 Å². The van der Waals surface area contributed by atoms with Gasteiger partial charge in [0.2, 0.25) is 6.29 Å². The molecule has 1 saturated heterocycles. The fourth-order valence-electron chi connectivity index (χ4n) is 2.53. The van der Waals surface area contributed by atoms with Crippen LogP contribution in [0.3, 0.4) is 0 Å². The first kappa shape index (κ1) is 23.0. The van der Waals surface area contributed by atoms with Crippen molar-refractivity contribution in [3.8, 4) is 5.75 Å². The molecule has 0 amide bonds. The first-order chi connectivity index (χ1) is 13.3. The molecule has 1 aromatic rings. The molecule has 154 valence electrons. The molecule has 2 rings (SSSR count). The molecule has 10 heteroatoms. The molecule has 1 aromatic carbocycles. The second-order valence-corrected chi connectivity index (χ2v) is 5.50. The van der Waals surface area contributed by atoms with Crippen molar-refractivity contribution in [1.29, 1.82) is 0 Å². The van der Waals surface area contributed by atoms with Crippen molar-refractivity contribution in [2.24, 2.45) is 0 Å². The highest BCUT2D eigenvalue weighted by atomic mass is 16.7. The van der Waals surface area contributed by atoms with Crippen LogP contribution in [-0.4, -0.2) is 48.8 Å². The standard InChI is InChI=1S/C16H17NO9.C2H6/c1-9(19)24-11-6-14(16(20)23-2)26-15(7-11)25-13-4-3-10(8-18)5-12(13)17(21)22;1-2/h3-5,8,11,14-15H,6-7H2,1-2H3;1-2H3/t11?,14-,15?;/m0./s1. The Morgan fingerprint density at radius 2 is 1.96 bits per heavy atom. The number of benzene rings is 1. The normalized spacial score (nSPS) is 20.8. The molecule has 1 aliphatic heterocycles. The number of nitro benzene ring substituents is 1. The molecule has 0 N–H and O–H groups in total. The molecule has 1 heterocycles. The quantitative estimate of drug-likeness (QED) is 0.307. The summed E-state index contributed by atoms with van der Waals surface area (Å²) >= 11 is 0. The van der Waals surface area contributed by atoms with E-state index >= 15 is 0 Å². The number of esters is 2. The van der Waals surface area contributed by atoms with Gasteiger partial charge in [-0.05, 0) is 12.1 Å². The number of ether oxygens (including phenoxy) is 4. The molecule has 1 fully saturated rings. The number of methoxy groups -OCH3 is 1. The highest BCUT2D eigenvalue weighted by Gasteiger charge is 2.38. The summed E-state index contributed by atoms with van der Waals surface area (Å²) in [7, 11) is 1.18. The number of aldehydes is 1. The molecule has 0 aromatic heterocycles. The molecule has 3 atom stereocenters. The maximum atomic E-state index is 11.8. The highest BCUT2D eigenvalue weighted by molar-refractivity contribution is 5.77. The molecule has 10 nitrogen and oxygen atoms in total. The van der Waals surface area contributed by atoms with Crippen LogP contribution in [0.2, 0.25) is 0 Å². The SMILES string of the molecule is CC.COC(=O)[C@@H]1CC(OC(C)=O)CC(Oc2ccc(C=O)cc2[N+](=O)[O-])O1. The van der Waals surface area contributed by atoms with Crippen molar-refractivity contribution in [3.63, 3.8) is 0 Å². The lowest BCUT2D eigenvalue weighted by molar-refractivity contribution is -0.386. The van der Waals surface area contributed by atoms with E-state index in [1.54, 1.807) is 0 Å². The molecule has 0 spiro atoms. The molecular weight excluding hydrogens is 374 g/mol. The Kier molecular flexibility index (Phi) is 9.03. The molecule has 0 bridgehead atoms. The third kappa shape index (κ3) is 6.31. The number of hydrogen-bond donors (Lipinski definition) is 0. The van der Waals surface area contributed by atoms with Gasteiger partial charge in [-0.25, -0.2) is 4.79 Å². The number of carbonyl (C=O) groups is 3. The molecule has 0 aliphatic carbocycles. The van der Waals surface area contributed by atoms with Crippen LogP contribution in [0, 0.1) is 10.1 Å². The number of nitrogens with zero attached hydrogens (tertiary/aromatic N) is 1. The van der Waals surface area contributed by atoms with E-state index in [4.69, 9.17) is 14.2 Å². The van der Waals surface area contributed by atoms with Gasteiger partial charge < -0.3 is 18.9 Å². The van der Waals surface area contributed by atoms with Crippen LogP contribution >= 0.6 is 0 Å². The second kappa shape index (κ2) is 11.0. The maximum absolute atomic E-state index is 11.8. The van der Waals surface area contributed by atoms with Crippen molar-refractivity contribution >= 4 is 23.9 Å². The lowest BCUT2D eigenvalue weighted by Gasteiger charge is -2.33. The monoisotopic (exact) mass is 397 g/mol. The summed E-state index contributed by atoms with van der Waals surface area (Å²) < 4.78 is 20.7. The molecule has 0 radical (unpaired) electrons. The summed E-state index contributed by atoms with van der Waals surface area (Å²) in [5.41, 5.74) is -0.318. The van der Waals surface area contributed by atoms with Crippen LogP contribution in [0.1, 0.15) is 44.0 Å². The average Bonchev–Trinajstić information content (AvgIpc) is 2.68. The molecule has 2 unspecified atom stereocenters. The number of rotatable bonds is 6. The predicted octanol–water partition coefficient (Wildman–Crippen LogP) is 2.42. The third-order valence-corrected chi connectivity index (χ3v) is 3.62.